The van der Waals surface area contributed by atoms with Gasteiger partial charge in [-0.15, -0.1) is 0 Å². The molecule has 0 amide bonds. The highest BCUT2D eigenvalue weighted by Crippen LogP contribution is 2.34. The number of aromatic nitrogens is 4. The molecule has 5 rings (SSSR count). The second-order valence-electron chi connectivity index (χ2n) is 9.41. The summed E-state index contributed by atoms with van der Waals surface area (Å²) in [5.74, 6) is 0.426. The molecule has 4 aromatic rings. The fourth-order valence-electron chi connectivity index (χ4n) is 4.84. The second-order valence-corrected chi connectivity index (χ2v) is 9.41. The lowest BCUT2D eigenvalue weighted by molar-refractivity contribution is 0.202. The fraction of sp³-hybridized carbons (Fsp3) is 0.333. The van der Waals surface area contributed by atoms with Gasteiger partial charge in [0.05, 0.1) is 11.2 Å². The summed E-state index contributed by atoms with van der Waals surface area (Å²) in [5.41, 5.74) is 3.66. The Hall–Kier alpha value is -3.49. The molecule has 0 spiro atoms. The van der Waals surface area contributed by atoms with Crippen LogP contribution in [-0.2, 0) is 7.05 Å². The summed E-state index contributed by atoms with van der Waals surface area (Å²) in [7, 11) is 6.04. The lowest BCUT2D eigenvalue weighted by atomic mass is 9.85. The van der Waals surface area contributed by atoms with Crippen molar-refractivity contribution in [1.29, 1.82) is 0 Å². The SMILES string of the molecule is CCNC1(CCN(C)C)C=CC(Nc2nc(-c3cn(C)c4ccccc34)c3cc[nH]c3n2)=CC1F. The highest BCUT2D eigenvalue weighted by Gasteiger charge is 2.37. The maximum absolute atomic E-state index is 15.5. The number of para-hydroxylation sites is 1. The van der Waals surface area contributed by atoms with Gasteiger partial charge >= 0.3 is 0 Å². The van der Waals surface area contributed by atoms with Crippen molar-refractivity contribution in [2.45, 2.75) is 25.1 Å². The predicted octanol–water partition coefficient (Wildman–Crippen LogP) is 4.62. The fourth-order valence-corrected chi connectivity index (χ4v) is 4.84. The molecule has 182 valence electrons. The molecule has 0 aliphatic heterocycles. The molecule has 0 fully saturated rings. The molecule has 0 radical (unpaired) electrons. The van der Waals surface area contributed by atoms with Gasteiger partial charge in [0, 0.05) is 47.0 Å². The Morgan fingerprint density at radius 1 is 1.17 bits per heavy atom. The molecule has 0 bridgehead atoms. The normalized spacial score (nSPS) is 20.2. The number of hydrogen-bond donors (Lipinski definition) is 3. The van der Waals surface area contributed by atoms with E-state index in [2.05, 4.69) is 48.4 Å². The van der Waals surface area contributed by atoms with E-state index in [9.17, 15) is 0 Å². The predicted molar refractivity (Wildman–Crippen MR) is 141 cm³/mol. The Morgan fingerprint density at radius 2 is 2.00 bits per heavy atom. The number of alkyl halides is 1. The van der Waals surface area contributed by atoms with Gasteiger partial charge in [0.1, 0.15) is 11.8 Å². The molecule has 1 aliphatic rings. The average molecular weight is 474 g/mol. The highest BCUT2D eigenvalue weighted by atomic mass is 19.1. The minimum absolute atomic E-state index is 0.426. The largest absolute Gasteiger partial charge is 0.350 e. The Morgan fingerprint density at radius 3 is 2.77 bits per heavy atom. The van der Waals surface area contributed by atoms with Crippen LogP contribution in [-0.4, -0.2) is 63.3 Å². The van der Waals surface area contributed by atoms with Crippen LogP contribution in [0.4, 0.5) is 10.3 Å². The van der Waals surface area contributed by atoms with E-state index in [4.69, 9.17) is 4.98 Å². The molecule has 3 heterocycles. The summed E-state index contributed by atoms with van der Waals surface area (Å²) in [6.07, 6.45) is 8.94. The minimum atomic E-state index is -1.18. The summed E-state index contributed by atoms with van der Waals surface area (Å²) in [6, 6.07) is 10.3. The molecule has 1 aliphatic carbocycles. The number of nitrogens with one attached hydrogen (secondary N) is 3. The Kier molecular flexibility index (Phi) is 6.17. The number of anilines is 1. The van der Waals surface area contributed by atoms with Crippen LogP contribution in [0, 0.1) is 0 Å². The quantitative estimate of drug-likeness (QED) is 0.348. The number of aryl methyl sites for hydroxylation is 1. The van der Waals surface area contributed by atoms with Crippen LogP contribution in [0.25, 0.3) is 33.2 Å². The zero-order valence-corrected chi connectivity index (χ0v) is 20.6. The molecular weight excluding hydrogens is 441 g/mol. The van der Waals surface area contributed by atoms with Crippen molar-refractivity contribution < 1.29 is 4.39 Å². The zero-order valence-electron chi connectivity index (χ0n) is 20.6. The number of benzene rings is 1. The molecule has 1 aromatic carbocycles. The first-order chi connectivity index (χ1) is 16.9. The van der Waals surface area contributed by atoms with Gasteiger partial charge in [-0.3, -0.25) is 0 Å². The number of hydrogen-bond acceptors (Lipinski definition) is 5. The van der Waals surface area contributed by atoms with E-state index in [0.29, 0.717) is 24.6 Å². The van der Waals surface area contributed by atoms with Gasteiger partial charge in [0.2, 0.25) is 5.95 Å². The number of rotatable bonds is 8. The van der Waals surface area contributed by atoms with Gasteiger partial charge in [-0.1, -0.05) is 31.2 Å². The van der Waals surface area contributed by atoms with Crippen molar-refractivity contribution in [3.63, 3.8) is 0 Å². The summed E-state index contributed by atoms with van der Waals surface area (Å²) in [4.78, 5) is 14.8. The number of allylic oxidation sites excluding steroid dienone is 1. The third-order valence-electron chi connectivity index (χ3n) is 6.68. The van der Waals surface area contributed by atoms with E-state index in [1.807, 2.05) is 64.6 Å². The van der Waals surface area contributed by atoms with Gasteiger partial charge in [-0.05, 0) is 57.9 Å². The maximum atomic E-state index is 15.5. The van der Waals surface area contributed by atoms with E-state index in [-0.39, 0.29) is 0 Å². The van der Waals surface area contributed by atoms with Crippen LogP contribution in [0.3, 0.4) is 0 Å². The third kappa shape index (κ3) is 4.35. The topological polar surface area (TPSA) is 73.8 Å². The monoisotopic (exact) mass is 473 g/mol. The van der Waals surface area contributed by atoms with Gasteiger partial charge in [0.15, 0.2) is 0 Å². The van der Waals surface area contributed by atoms with Gasteiger partial charge in [0.25, 0.3) is 0 Å². The van der Waals surface area contributed by atoms with E-state index in [0.717, 1.165) is 39.7 Å². The Labute approximate surface area is 204 Å². The van der Waals surface area contributed by atoms with Crippen molar-refractivity contribution in [1.82, 2.24) is 29.7 Å². The first-order valence-corrected chi connectivity index (χ1v) is 12.0. The maximum Gasteiger partial charge on any atom is 0.229 e. The van der Waals surface area contributed by atoms with Crippen LogP contribution in [0.5, 0.6) is 0 Å². The summed E-state index contributed by atoms with van der Waals surface area (Å²) >= 11 is 0. The van der Waals surface area contributed by atoms with Gasteiger partial charge in [-0.2, -0.15) is 4.98 Å². The molecule has 2 unspecified atom stereocenters. The highest BCUT2D eigenvalue weighted by molar-refractivity contribution is 6.02. The van der Waals surface area contributed by atoms with E-state index < -0.39 is 11.7 Å². The van der Waals surface area contributed by atoms with E-state index >= 15 is 4.39 Å². The summed E-state index contributed by atoms with van der Waals surface area (Å²) in [5, 5.41) is 8.68. The number of nitrogens with zero attached hydrogens (tertiary/aromatic N) is 4. The van der Waals surface area contributed by atoms with E-state index in [1.54, 1.807) is 6.08 Å². The summed E-state index contributed by atoms with van der Waals surface area (Å²) < 4.78 is 17.6. The smallest absolute Gasteiger partial charge is 0.229 e. The Balaban J connectivity index is 1.49. The molecule has 0 saturated heterocycles. The minimum Gasteiger partial charge on any atom is -0.350 e. The molecule has 3 N–H and O–H groups in total. The molecular formula is C27H32FN7. The number of halogens is 1. The number of H-pyrrole nitrogens is 1. The Bertz CT molecular complexity index is 1410. The van der Waals surface area contributed by atoms with Gasteiger partial charge < -0.3 is 25.1 Å². The van der Waals surface area contributed by atoms with Crippen LogP contribution < -0.4 is 10.6 Å². The zero-order chi connectivity index (χ0) is 24.6. The first-order valence-electron chi connectivity index (χ1n) is 12.0. The number of fused-ring (bicyclic) bond motifs is 2. The van der Waals surface area contributed by atoms with Crippen molar-refractivity contribution in [3.8, 4) is 11.3 Å². The second kappa shape index (κ2) is 9.28. The first kappa shape index (κ1) is 23.3. The molecule has 7 nitrogen and oxygen atoms in total. The lowest BCUT2D eigenvalue weighted by Gasteiger charge is -2.37. The van der Waals surface area contributed by atoms with Crippen LogP contribution >= 0.6 is 0 Å². The lowest BCUT2D eigenvalue weighted by Crippen LogP contribution is -2.53. The van der Waals surface area contributed by atoms with Crippen molar-refractivity contribution >= 4 is 27.9 Å². The van der Waals surface area contributed by atoms with E-state index in [1.165, 1.54) is 0 Å². The third-order valence-corrected chi connectivity index (χ3v) is 6.68. The standard InChI is InChI=1S/C27H32FN7/c1-5-30-27(13-15-34(2)3)12-10-18(16-23(27)28)31-26-32-24(20-11-14-29-25(20)33-26)21-17-35(4)22-9-7-6-8-19(21)22/h6-12,14,16-17,23,30H,5,13,15H2,1-4H3,(H2,29,31,32,33). The van der Waals surface area contributed by atoms with Crippen molar-refractivity contribution in [2.75, 3.05) is 32.5 Å². The summed E-state index contributed by atoms with van der Waals surface area (Å²) in [6.45, 7) is 3.48. The van der Waals surface area contributed by atoms with Crippen LogP contribution in [0.1, 0.15) is 13.3 Å². The van der Waals surface area contributed by atoms with Crippen molar-refractivity contribution in [3.05, 3.63) is 66.7 Å². The molecule has 3 aromatic heterocycles. The van der Waals surface area contributed by atoms with Crippen LogP contribution in [0.15, 0.2) is 66.7 Å². The number of aromatic amines is 1. The molecule has 35 heavy (non-hydrogen) atoms. The molecule has 2 atom stereocenters. The molecule has 0 saturated carbocycles. The molecule has 8 heteroatoms. The van der Waals surface area contributed by atoms with Gasteiger partial charge in [-0.25, -0.2) is 9.37 Å². The van der Waals surface area contributed by atoms with Crippen molar-refractivity contribution in [2.24, 2.45) is 7.05 Å². The average Bonchev–Trinajstić information content (AvgIpc) is 3.44. The number of likely N-dealkylation sites (N-methyl/N-ethyl adjacent to an activating group) is 1. The van der Waals surface area contributed by atoms with Crippen LogP contribution in [0.2, 0.25) is 0 Å².